The lowest BCUT2D eigenvalue weighted by atomic mass is 10.1. The number of nitrogens with zero attached hydrogens (tertiary/aromatic N) is 2. The fourth-order valence-electron chi connectivity index (χ4n) is 2.83. The minimum atomic E-state index is -0.0583. The van der Waals surface area contributed by atoms with Gasteiger partial charge in [0, 0.05) is 30.4 Å². The van der Waals surface area contributed by atoms with Crippen molar-refractivity contribution in [2.75, 3.05) is 18.0 Å². The molecular formula is C17H19ClN2O3. The minimum Gasteiger partial charge on any atom is -0.471 e. The number of hydrogen-bond acceptors (Lipinski definition) is 5. The van der Waals surface area contributed by atoms with E-state index in [4.69, 9.17) is 16.3 Å². The van der Waals surface area contributed by atoms with Gasteiger partial charge in [0.15, 0.2) is 0 Å². The average molecular weight is 335 g/mol. The molecule has 1 atom stereocenters. The maximum Gasteiger partial charge on any atom is 0.232 e. The summed E-state index contributed by atoms with van der Waals surface area (Å²) >= 11 is 6.08. The molecular weight excluding hydrogens is 316 g/mol. The summed E-state index contributed by atoms with van der Waals surface area (Å²) in [6.07, 6.45) is 2.52. The first-order chi connectivity index (χ1) is 11.2. The molecule has 0 saturated carbocycles. The Bertz CT molecular complexity index is 681. The summed E-state index contributed by atoms with van der Waals surface area (Å²) in [7, 11) is 0. The standard InChI is InChI=1S/C17H19ClN2O3/c18-15-2-1-6-19-17(15)23-14-5-7-20(9-14)16-4-3-12(10-21)8-13(16)11-22/h1-4,6,8,14,21-22H,5,7,9-11H2. The lowest BCUT2D eigenvalue weighted by Crippen LogP contribution is -2.25. The van der Waals surface area contributed by atoms with Crippen molar-refractivity contribution in [3.8, 4) is 5.88 Å². The van der Waals surface area contributed by atoms with Gasteiger partial charge in [0.1, 0.15) is 11.1 Å². The van der Waals surface area contributed by atoms with E-state index in [0.717, 1.165) is 29.8 Å². The first-order valence-corrected chi connectivity index (χ1v) is 7.94. The number of rotatable bonds is 5. The summed E-state index contributed by atoms with van der Waals surface area (Å²) in [5.41, 5.74) is 2.58. The van der Waals surface area contributed by atoms with Gasteiger partial charge in [0.05, 0.1) is 19.8 Å². The first-order valence-electron chi connectivity index (χ1n) is 7.57. The van der Waals surface area contributed by atoms with E-state index in [1.54, 1.807) is 18.3 Å². The monoisotopic (exact) mass is 334 g/mol. The zero-order valence-corrected chi connectivity index (χ0v) is 13.4. The van der Waals surface area contributed by atoms with E-state index in [1.807, 2.05) is 18.2 Å². The van der Waals surface area contributed by atoms with Gasteiger partial charge < -0.3 is 19.8 Å². The predicted octanol–water partition coefficient (Wildman–Crippen LogP) is 2.38. The second-order valence-corrected chi connectivity index (χ2v) is 5.95. The van der Waals surface area contributed by atoms with Gasteiger partial charge in [-0.15, -0.1) is 0 Å². The lowest BCUT2D eigenvalue weighted by Gasteiger charge is -2.22. The van der Waals surface area contributed by atoms with Gasteiger partial charge in [0.25, 0.3) is 0 Å². The number of ether oxygens (including phenoxy) is 1. The first kappa shape index (κ1) is 16.1. The lowest BCUT2D eigenvalue weighted by molar-refractivity contribution is 0.216. The number of pyridine rings is 1. The average Bonchev–Trinajstić information content (AvgIpc) is 3.04. The molecule has 1 saturated heterocycles. The zero-order chi connectivity index (χ0) is 16.2. The second-order valence-electron chi connectivity index (χ2n) is 5.54. The number of aliphatic hydroxyl groups excluding tert-OH is 2. The number of benzene rings is 1. The Labute approximate surface area is 140 Å². The van der Waals surface area contributed by atoms with E-state index in [-0.39, 0.29) is 19.3 Å². The molecule has 122 valence electrons. The van der Waals surface area contributed by atoms with Crippen LogP contribution in [0.5, 0.6) is 5.88 Å². The highest BCUT2D eigenvalue weighted by molar-refractivity contribution is 6.31. The molecule has 0 radical (unpaired) electrons. The van der Waals surface area contributed by atoms with Crippen LogP contribution in [0.4, 0.5) is 5.69 Å². The molecule has 23 heavy (non-hydrogen) atoms. The largest absolute Gasteiger partial charge is 0.471 e. The Kier molecular flexibility index (Phi) is 5.00. The minimum absolute atomic E-state index is 0.00598. The van der Waals surface area contributed by atoms with Gasteiger partial charge in [-0.25, -0.2) is 4.98 Å². The Balaban J connectivity index is 1.71. The highest BCUT2D eigenvalue weighted by Gasteiger charge is 2.26. The van der Waals surface area contributed by atoms with E-state index in [9.17, 15) is 10.2 Å². The van der Waals surface area contributed by atoms with Crippen molar-refractivity contribution in [1.29, 1.82) is 0 Å². The van der Waals surface area contributed by atoms with Gasteiger partial charge >= 0.3 is 0 Å². The molecule has 0 amide bonds. The molecule has 2 N–H and O–H groups in total. The Morgan fingerprint density at radius 2 is 2.13 bits per heavy atom. The maximum absolute atomic E-state index is 9.57. The van der Waals surface area contributed by atoms with Crippen molar-refractivity contribution >= 4 is 17.3 Å². The Morgan fingerprint density at radius 3 is 2.87 bits per heavy atom. The van der Waals surface area contributed by atoms with Gasteiger partial charge in [0.2, 0.25) is 5.88 Å². The molecule has 1 aliphatic rings. The smallest absolute Gasteiger partial charge is 0.232 e. The van der Waals surface area contributed by atoms with Crippen LogP contribution in [0.15, 0.2) is 36.5 Å². The van der Waals surface area contributed by atoms with Crippen molar-refractivity contribution in [3.63, 3.8) is 0 Å². The SMILES string of the molecule is OCc1ccc(N2CCC(Oc3ncccc3Cl)C2)c(CO)c1. The molecule has 6 heteroatoms. The molecule has 2 heterocycles. The molecule has 1 unspecified atom stereocenters. The van der Waals surface area contributed by atoms with Crippen LogP contribution in [-0.2, 0) is 13.2 Å². The fourth-order valence-corrected chi connectivity index (χ4v) is 3.00. The quantitative estimate of drug-likeness (QED) is 0.879. The van der Waals surface area contributed by atoms with Crippen LogP contribution in [0.2, 0.25) is 5.02 Å². The number of hydrogen-bond donors (Lipinski definition) is 2. The molecule has 2 aromatic rings. The second kappa shape index (κ2) is 7.17. The molecule has 0 bridgehead atoms. The van der Waals surface area contributed by atoms with Crippen LogP contribution in [0, 0.1) is 0 Å². The third-order valence-corrected chi connectivity index (χ3v) is 4.27. The Hall–Kier alpha value is -1.82. The van der Waals surface area contributed by atoms with Crippen molar-refractivity contribution in [2.24, 2.45) is 0 Å². The number of halogens is 1. The van der Waals surface area contributed by atoms with Crippen LogP contribution in [-0.4, -0.2) is 34.4 Å². The molecule has 1 aliphatic heterocycles. The van der Waals surface area contributed by atoms with Crippen LogP contribution < -0.4 is 9.64 Å². The number of aromatic nitrogens is 1. The fraction of sp³-hybridized carbons (Fsp3) is 0.353. The van der Waals surface area contributed by atoms with Crippen molar-refractivity contribution in [2.45, 2.75) is 25.7 Å². The number of aliphatic hydroxyl groups is 2. The van der Waals surface area contributed by atoms with Gasteiger partial charge in [-0.3, -0.25) is 0 Å². The Morgan fingerprint density at radius 1 is 1.26 bits per heavy atom. The summed E-state index contributed by atoms with van der Waals surface area (Å²) in [5.74, 6) is 0.457. The van der Waals surface area contributed by atoms with Crippen LogP contribution >= 0.6 is 11.6 Å². The summed E-state index contributed by atoms with van der Waals surface area (Å²) in [6.45, 7) is 1.45. The number of anilines is 1. The van der Waals surface area contributed by atoms with Gasteiger partial charge in [-0.1, -0.05) is 17.7 Å². The molecule has 0 aliphatic carbocycles. The van der Waals surface area contributed by atoms with Gasteiger partial charge in [-0.05, 0) is 29.8 Å². The summed E-state index contributed by atoms with van der Waals surface area (Å²) < 4.78 is 5.89. The van der Waals surface area contributed by atoms with Crippen molar-refractivity contribution in [3.05, 3.63) is 52.7 Å². The molecule has 1 aromatic heterocycles. The van der Waals surface area contributed by atoms with Crippen LogP contribution in [0.25, 0.3) is 0 Å². The highest BCUT2D eigenvalue weighted by Crippen LogP contribution is 2.29. The zero-order valence-electron chi connectivity index (χ0n) is 12.7. The predicted molar refractivity (Wildman–Crippen MR) is 88.8 cm³/mol. The van der Waals surface area contributed by atoms with E-state index >= 15 is 0 Å². The summed E-state index contributed by atoms with van der Waals surface area (Å²) in [6, 6.07) is 9.17. The van der Waals surface area contributed by atoms with Crippen molar-refractivity contribution in [1.82, 2.24) is 4.98 Å². The third-order valence-electron chi connectivity index (χ3n) is 3.99. The molecule has 0 spiro atoms. The molecule has 3 rings (SSSR count). The maximum atomic E-state index is 9.57. The van der Waals surface area contributed by atoms with E-state index < -0.39 is 0 Å². The van der Waals surface area contributed by atoms with Crippen LogP contribution in [0.1, 0.15) is 17.5 Å². The highest BCUT2D eigenvalue weighted by atomic mass is 35.5. The van der Waals surface area contributed by atoms with E-state index in [1.165, 1.54) is 0 Å². The van der Waals surface area contributed by atoms with Crippen molar-refractivity contribution < 1.29 is 14.9 Å². The third kappa shape index (κ3) is 3.58. The van der Waals surface area contributed by atoms with Gasteiger partial charge in [-0.2, -0.15) is 0 Å². The van der Waals surface area contributed by atoms with Crippen LogP contribution in [0.3, 0.4) is 0 Å². The van der Waals surface area contributed by atoms with E-state index in [2.05, 4.69) is 9.88 Å². The summed E-state index contributed by atoms with van der Waals surface area (Å²) in [5, 5.41) is 19.3. The molecule has 5 nitrogen and oxygen atoms in total. The molecule has 1 aromatic carbocycles. The normalized spacial score (nSPS) is 17.5. The topological polar surface area (TPSA) is 65.8 Å². The molecule has 1 fully saturated rings. The summed E-state index contributed by atoms with van der Waals surface area (Å²) in [4.78, 5) is 6.33. The van der Waals surface area contributed by atoms with E-state index in [0.29, 0.717) is 17.4 Å².